The molecule has 0 saturated carbocycles. The average Bonchev–Trinajstić information content (AvgIpc) is 2.61. The molecule has 0 unspecified atom stereocenters. The van der Waals surface area contributed by atoms with E-state index >= 15 is 0 Å². The second-order valence-corrected chi connectivity index (χ2v) is 5.80. The van der Waals surface area contributed by atoms with E-state index in [2.05, 4.69) is 21.2 Å². The van der Waals surface area contributed by atoms with Gasteiger partial charge in [0.05, 0.1) is 18.2 Å². The first kappa shape index (κ1) is 21.0. The molecule has 0 saturated heterocycles. The molecule has 1 amide bonds. The molecule has 1 N–H and O–H groups in total. The predicted molar refractivity (Wildman–Crippen MR) is 99.6 cm³/mol. The van der Waals surface area contributed by atoms with E-state index in [0.29, 0.717) is 54.3 Å². The maximum Gasteiger partial charge on any atom is 0.261 e. The largest absolute Gasteiger partial charge is 0.493 e. The molecule has 0 heterocycles. The van der Waals surface area contributed by atoms with Crippen molar-refractivity contribution in [2.24, 2.45) is 0 Å². The standard InChI is InChI=1S/C18H23BrN2O4/c1-4-24-8-6-7-21-18(22)14(12-20)9-13-10-15(19)17(25-5-2)16(11-13)23-3/h9-11H,4-8H2,1-3H3,(H,21,22)/b14-9+. The second kappa shape index (κ2) is 11.5. The van der Waals surface area contributed by atoms with Gasteiger partial charge in [0, 0.05) is 19.8 Å². The van der Waals surface area contributed by atoms with E-state index in [1.165, 1.54) is 13.2 Å². The Morgan fingerprint density at radius 3 is 2.72 bits per heavy atom. The number of benzene rings is 1. The van der Waals surface area contributed by atoms with E-state index in [1.807, 2.05) is 19.9 Å². The van der Waals surface area contributed by atoms with Gasteiger partial charge in [0.1, 0.15) is 11.6 Å². The highest BCUT2D eigenvalue weighted by Crippen LogP contribution is 2.37. The Balaban J connectivity index is 2.89. The van der Waals surface area contributed by atoms with Gasteiger partial charge in [-0.15, -0.1) is 0 Å². The van der Waals surface area contributed by atoms with Gasteiger partial charge in [0.25, 0.3) is 5.91 Å². The van der Waals surface area contributed by atoms with E-state index < -0.39 is 5.91 Å². The van der Waals surface area contributed by atoms with Gasteiger partial charge in [-0.2, -0.15) is 5.26 Å². The van der Waals surface area contributed by atoms with Crippen LogP contribution in [0.5, 0.6) is 11.5 Å². The summed E-state index contributed by atoms with van der Waals surface area (Å²) in [6.45, 7) is 5.96. The van der Waals surface area contributed by atoms with Crippen molar-refractivity contribution in [1.29, 1.82) is 5.26 Å². The van der Waals surface area contributed by atoms with Crippen LogP contribution in [0.3, 0.4) is 0 Å². The number of methoxy groups -OCH3 is 1. The molecule has 25 heavy (non-hydrogen) atoms. The molecule has 1 rings (SSSR count). The molecular weight excluding hydrogens is 388 g/mol. The Morgan fingerprint density at radius 2 is 2.12 bits per heavy atom. The van der Waals surface area contributed by atoms with Crippen LogP contribution >= 0.6 is 15.9 Å². The average molecular weight is 411 g/mol. The van der Waals surface area contributed by atoms with Crippen LogP contribution in [0.15, 0.2) is 22.2 Å². The lowest BCUT2D eigenvalue weighted by molar-refractivity contribution is -0.117. The number of halogens is 1. The lowest BCUT2D eigenvalue weighted by atomic mass is 10.1. The molecule has 1 aromatic carbocycles. The molecule has 0 aliphatic rings. The van der Waals surface area contributed by atoms with Crippen LogP contribution < -0.4 is 14.8 Å². The number of nitriles is 1. The SMILES string of the molecule is CCOCCCNC(=O)/C(C#N)=C/c1cc(Br)c(OCC)c(OC)c1. The summed E-state index contributed by atoms with van der Waals surface area (Å²) in [5.41, 5.74) is 0.683. The van der Waals surface area contributed by atoms with E-state index in [4.69, 9.17) is 14.2 Å². The van der Waals surface area contributed by atoms with Crippen LogP contribution in [0, 0.1) is 11.3 Å². The number of hydrogen-bond donors (Lipinski definition) is 1. The fourth-order valence-corrected chi connectivity index (χ4v) is 2.61. The minimum Gasteiger partial charge on any atom is -0.493 e. The third kappa shape index (κ3) is 6.77. The van der Waals surface area contributed by atoms with E-state index in [9.17, 15) is 10.1 Å². The summed E-state index contributed by atoms with van der Waals surface area (Å²) in [5, 5.41) is 12.0. The van der Waals surface area contributed by atoms with Crippen LogP contribution in [0.25, 0.3) is 6.08 Å². The van der Waals surface area contributed by atoms with Gasteiger partial charge >= 0.3 is 0 Å². The van der Waals surface area contributed by atoms with Gasteiger partial charge in [0.2, 0.25) is 0 Å². The lowest BCUT2D eigenvalue weighted by Gasteiger charge is -2.12. The third-order valence-electron chi connectivity index (χ3n) is 3.17. The van der Waals surface area contributed by atoms with Crippen molar-refractivity contribution < 1.29 is 19.0 Å². The summed E-state index contributed by atoms with van der Waals surface area (Å²) in [4.78, 5) is 12.1. The Labute approximate surface area is 156 Å². The number of ether oxygens (including phenoxy) is 3. The smallest absolute Gasteiger partial charge is 0.261 e. The van der Waals surface area contributed by atoms with Crippen LogP contribution in [0.1, 0.15) is 25.8 Å². The molecule has 1 aromatic rings. The van der Waals surface area contributed by atoms with Crippen molar-refractivity contribution in [3.8, 4) is 17.6 Å². The summed E-state index contributed by atoms with van der Waals surface area (Å²) >= 11 is 3.42. The molecule has 0 fully saturated rings. The van der Waals surface area contributed by atoms with Gasteiger partial charge in [-0.1, -0.05) is 0 Å². The van der Waals surface area contributed by atoms with Crippen LogP contribution in [0.2, 0.25) is 0 Å². The van der Waals surface area contributed by atoms with E-state index in [1.54, 1.807) is 12.1 Å². The Kier molecular flexibility index (Phi) is 9.66. The zero-order chi connectivity index (χ0) is 18.7. The maximum absolute atomic E-state index is 12.1. The molecule has 7 heteroatoms. The van der Waals surface area contributed by atoms with Gasteiger partial charge in [-0.05, 0) is 60.0 Å². The minimum absolute atomic E-state index is 0.0227. The fraction of sp³-hybridized carbons (Fsp3) is 0.444. The summed E-state index contributed by atoms with van der Waals surface area (Å²) in [6, 6.07) is 5.42. The minimum atomic E-state index is -0.414. The Bertz CT molecular complexity index is 653. The van der Waals surface area contributed by atoms with Gasteiger partial charge in [0.15, 0.2) is 11.5 Å². The van der Waals surface area contributed by atoms with Crippen molar-refractivity contribution in [3.63, 3.8) is 0 Å². The van der Waals surface area contributed by atoms with Gasteiger partial charge in [-0.25, -0.2) is 0 Å². The van der Waals surface area contributed by atoms with Crippen molar-refractivity contribution >= 4 is 27.9 Å². The summed E-state index contributed by atoms with van der Waals surface area (Å²) in [7, 11) is 1.54. The molecule has 0 radical (unpaired) electrons. The Hall–Kier alpha value is -2.04. The molecule has 136 valence electrons. The van der Waals surface area contributed by atoms with Crippen molar-refractivity contribution in [2.75, 3.05) is 33.5 Å². The highest BCUT2D eigenvalue weighted by Gasteiger charge is 2.13. The zero-order valence-corrected chi connectivity index (χ0v) is 16.3. The van der Waals surface area contributed by atoms with Gasteiger partial charge in [-0.3, -0.25) is 4.79 Å². The number of rotatable bonds is 10. The first-order valence-corrected chi connectivity index (χ1v) is 8.84. The molecule has 0 bridgehead atoms. The van der Waals surface area contributed by atoms with Crippen molar-refractivity contribution in [2.45, 2.75) is 20.3 Å². The molecule has 6 nitrogen and oxygen atoms in total. The van der Waals surface area contributed by atoms with E-state index in [-0.39, 0.29) is 5.57 Å². The summed E-state index contributed by atoms with van der Waals surface area (Å²) in [5.74, 6) is 0.695. The van der Waals surface area contributed by atoms with Crippen LogP contribution in [0.4, 0.5) is 0 Å². The number of nitrogens with one attached hydrogen (secondary N) is 1. The van der Waals surface area contributed by atoms with Crippen LogP contribution in [-0.2, 0) is 9.53 Å². The summed E-state index contributed by atoms with van der Waals surface area (Å²) < 4.78 is 16.7. The number of carbonyl (C=O) groups is 1. The normalized spacial score (nSPS) is 10.9. The monoisotopic (exact) mass is 410 g/mol. The molecule has 0 aliphatic carbocycles. The predicted octanol–water partition coefficient (Wildman–Crippen LogP) is 3.31. The van der Waals surface area contributed by atoms with Crippen molar-refractivity contribution in [3.05, 3.63) is 27.7 Å². The molecule has 0 aliphatic heterocycles. The number of carbonyl (C=O) groups excluding carboxylic acids is 1. The second-order valence-electron chi connectivity index (χ2n) is 4.94. The lowest BCUT2D eigenvalue weighted by Crippen LogP contribution is -2.26. The highest BCUT2D eigenvalue weighted by atomic mass is 79.9. The number of nitrogens with zero attached hydrogens (tertiary/aromatic N) is 1. The first-order valence-electron chi connectivity index (χ1n) is 8.05. The molecule has 0 spiro atoms. The van der Waals surface area contributed by atoms with E-state index in [0.717, 1.165) is 0 Å². The maximum atomic E-state index is 12.1. The number of amides is 1. The molecule has 0 aromatic heterocycles. The first-order chi connectivity index (χ1) is 12.1. The van der Waals surface area contributed by atoms with Crippen molar-refractivity contribution in [1.82, 2.24) is 5.32 Å². The zero-order valence-electron chi connectivity index (χ0n) is 14.7. The third-order valence-corrected chi connectivity index (χ3v) is 3.76. The summed E-state index contributed by atoms with van der Waals surface area (Å²) in [6.07, 6.45) is 2.21. The van der Waals surface area contributed by atoms with Gasteiger partial charge < -0.3 is 19.5 Å². The molecular formula is C18H23BrN2O4. The Morgan fingerprint density at radius 1 is 1.36 bits per heavy atom. The van der Waals surface area contributed by atoms with Crippen LogP contribution in [-0.4, -0.2) is 39.4 Å². The fourth-order valence-electron chi connectivity index (χ4n) is 2.04. The molecule has 0 atom stereocenters. The quantitative estimate of drug-likeness (QED) is 0.363. The topological polar surface area (TPSA) is 80.6 Å². The number of hydrogen-bond acceptors (Lipinski definition) is 5. The highest BCUT2D eigenvalue weighted by molar-refractivity contribution is 9.10.